The highest BCUT2D eigenvalue weighted by molar-refractivity contribution is 8.26. The van der Waals surface area contributed by atoms with Crippen molar-refractivity contribution in [1.82, 2.24) is 10.4 Å². The molecule has 1 heterocycles. The molecule has 0 aliphatic carbocycles. The molecule has 3 aromatic rings. The molecule has 1 saturated heterocycles. The summed E-state index contributed by atoms with van der Waals surface area (Å²) in [7, 11) is 0. The summed E-state index contributed by atoms with van der Waals surface area (Å²) in [4.78, 5) is 26.0. The highest BCUT2D eigenvalue weighted by atomic mass is 32.2. The molecule has 1 fully saturated rings. The van der Waals surface area contributed by atoms with Crippen LogP contribution in [0.2, 0.25) is 0 Å². The van der Waals surface area contributed by atoms with Gasteiger partial charge in [-0.15, -0.1) is 6.58 Å². The molecule has 1 aliphatic heterocycles. The van der Waals surface area contributed by atoms with E-state index in [0.29, 0.717) is 41.6 Å². The molecule has 0 unspecified atom stereocenters. The molecule has 0 spiro atoms. The minimum Gasteiger partial charge on any atom is -0.490 e. The van der Waals surface area contributed by atoms with Crippen molar-refractivity contribution in [3.8, 4) is 11.5 Å². The molecule has 2 amide bonds. The Kier molecular flexibility index (Phi) is 8.77. The molecular weight excluding hydrogens is 504 g/mol. The lowest BCUT2D eigenvalue weighted by atomic mass is 10.0. The minimum absolute atomic E-state index is 0.250. The number of hydrogen-bond acceptors (Lipinski definition) is 6. The molecule has 8 heteroatoms. The average molecular weight is 531 g/mol. The van der Waals surface area contributed by atoms with Gasteiger partial charge in [-0.2, -0.15) is 5.01 Å². The molecule has 3 aromatic carbocycles. The molecule has 6 nitrogen and oxygen atoms in total. The second kappa shape index (κ2) is 12.4. The molecule has 188 valence electrons. The number of carbonyl (C=O) groups is 2. The van der Waals surface area contributed by atoms with E-state index in [0.717, 1.165) is 33.5 Å². The predicted octanol–water partition coefficient (Wildman–Crippen LogP) is 5.94. The average Bonchev–Trinajstić information content (AvgIpc) is 3.17. The number of allylic oxidation sites excluding steroid dienone is 1. The maximum atomic E-state index is 13.1. The van der Waals surface area contributed by atoms with E-state index in [9.17, 15) is 9.59 Å². The number of ether oxygens (including phenoxy) is 2. The van der Waals surface area contributed by atoms with Crippen LogP contribution in [-0.2, 0) is 17.8 Å². The van der Waals surface area contributed by atoms with Gasteiger partial charge in [0.2, 0.25) is 0 Å². The third kappa shape index (κ3) is 6.47. The number of carbonyl (C=O) groups excluding carboxylic acids is 2. The van der Waals surface area contributed by atoms with Crippen molar-refractivity contribution in [2.24, 2.45) is 0 Å². The number of rotatable bonds is 10. The first-order valence-corrected chi connectivity index (χ1v) is 12.9. The smallest absolute Gasteiger partial charge is 0.285 e. The first kappa shape index (κ1) is 26.2. The van der Waals surface area contributed by atoms with E-state index < -0.39 is 11.8 Å². The van der Waals surface area contributed by atoms with Crippen molar-refractivity contribution in [2.45, 2.75) is 20.0 Å². The fourth-order valence-corrected chi connectivity index (χ4v) is 4.88. The standard InChI is InChI=1S/C29H26N2O4S2/c1-3-11-23-16-21(17-24(34-4-2)26(23)35-19-20-12-7-5-8-13-20)18-25-28(33)31(29(36)37-25)30-27(32)22-14-9-6-10-15-22/h3,5-10,12-18H,1,4,11,19H2,2H3,(H,30,32). The van der Waals surface area contributed by atoms with E-state index in [1.54, 1.807) is 36.4 Å². The van der Waals surface area contributed by atoms with Gasteiger partial charge < -0.3 is 9.47 Å². The van der Waals surface area contributed by atoms with Gasteiger partial charge in [0, 0.05) is 11.1 Å². The van der Waals surface area contributed by atoms with Crippen LogP contribution in [0.4, 0.5) is 0 Å². The monoisotopic (exact) mass is 530 g/mol. The SMILES string of the molecule is C=CCc1cc(C=C2SC(=S)N(NC(=O)c3ccccc3)C2=O)cc(OCC)c1OCc1ccccc1. The Labute approximate surface area is 225 Å². The topological polar surface area (TPSA) is 67.9 Å². The van der Waals surface area contributed by atoms with Gasteiger partial charge >= 0.3 is 0 Å². The van der Waals surface area contributed by atoms with Gasteiger partial charge in [-0.3, -0.25) is 15.0 Å². The molecule has 0 radical (unpaired) electrons. The van der Waals surface area contributed by atoms with Crippen molar-refractivity contribution >= 4 is 46.2 Å². The van der Waals surface area contributed by atoms with Crippen molar-refractivity contribution < 1.29 is 19.1 Å². The van der Waals surface area contributed by atoms with Gasteiger partial charge in [0.15, 0.2) is 15.8 Å². The van der Waals surface area contributed by atoms with Crippen molar-refractivity contribution in [3.63, 3.8) is 0 Å². The highest BCUT2D eigenvalue weighted by Gasteiger charge is 2.34. The van der Waals surface area contributed by atoms with Gasteiger partial charge in [0.25, 0.3) is 11.8 Å². The minimum atomic E-state index is -0.412. The van der Waals surface area contributed by atoms with Crippen LogP contribution in [0.3, 0.4) is 0 Å². The highest BCUT2D eigenvalue weighted by Crippen LogP contribution is 2.37. The first-order chi connectivity index (χ1) is 18.0. The van der Waals surface area contributed by atoms with Crippen LogP contribution in [-0.4, -0.2) is 27.8 Å². The molecule has 1 aliphatic rings. The summed E-state index contributed by atoms with van der Waals surface area (Å²) >= 11 is 6.50. The molecule has 0 bridgehead atoms. The van der Waals surface area contributed by atoms with Gasteiger partial charge in [0.05, 0.1) is 11.5 Å². The third-order valence-corrected chi connectivity index (χ3v) is 6.69. The molecule has 0 atom stereocenters. The summed E-state index contributed by atoms with van der Waals surface area (Å²) < 4.78 is 12.3. The molecule has 1 N–H and O–H groups in total. The van der Waals surface area contributed by atoms with Gasteiger partial charge in [0.1, 0.15) is 6.61 Å². The number of hydrazine groups is 1. The summed E-state index contributed by atoms with van der Waals surface area (Å²) in [6.45, 7) is 6.62. The van der Waals surface area contributed by atoms with Crippen LogP contribution in [0, 0.1) is 0 Å². The zero-order valence-electron chi connectivity index (χ0n) is 20.3. The lowest BCUT2D eigenvalue weighted by Gasteiger charge is -2.17. The van der Waals surface area contributed by atoms with Gasteiger partial charge in [-0.05, 0) is 67.0 Å². The number of benzene rings is 3. The maximum absolute atomic E-state index is 13.1. The number of amides is 2. The van der Waals surface area contributed by atoms with E-state index in [-0.39, 0.29) is 4.32 Å². The van der Waals surface area contributed by atoms with E-state index in [2.05, 4.69) is 12.0 Å². The maximum Gasteiger partial charge on any atom is 0.285 e. The molecule has 37 heavy (non-hydrogen) atoms. The number of nitrogens with zero attached hydrogens (tertiary/aromatic N) is 1. The van der Waals surface area contributed by atoms with Crippen LogP contribution < -0.4 is 14.9 Å². The fraction of sp³-hybridized carbons (Fsp3) is 0.138. The Morgan fingerprint density at radius 1 is 1.08 bits per heavy atom. The lowest BCUT2D eigenvalue weighted by molar-refractivity contribution is -0.123. The Bertz CT molecular complexity index is 1340. The largest absolute Gasteiger partial charge is 0.490 e. The van der Waals surface area contributed by atoms with Crippen LogP contribution in [0.1, 0.15) is 34.0 Å². The Morgan fingerprint density at radius 2 is 1.78 bits per heavy atom. The number of hydrogen-bond donors (Lipinski definition) is 1. The van der Waals surface area contributed by atoms with Crippen LogP contribution in [0.25, 0.3) is 6.08 Å². The lowest BCUT2D eigenvalue weighted by Crippen LogP contribution is -2.44. The Balaban J connectivity index is 1.59. The van der Waals surface area contributed by atoms with Crippen LogP contribution in [0.15, 0.2) is 90.4 Å². The summed E-state index contributed by atoms with van der Waals surface area (Å²) in [5.74, 6) is 0.416. The fourth-order valence-electron chi connectivity index (χ4n) is 3.70. The second-order valence-electron chi connectivity index (χ2n) is 8.03. The quantitative estimate of drug-likeness (QED) is 0.199. The van der Waals surface area contributed by atoms with Crippen LogP contribution in [0.5, 0.6) is 11.5 Å². The van der Waals surface area contributed by atoms with E-state index in [1.807, 2.05) is 55.5 Å². The second-order valence-corrected chi connectivity index (χ2v) is 9.71. The Hall–Kier alpha value is -3.88. The van der Waals surface area contributed by atoms with E-state index in [1.165, 1.54) is 0 Å². The zero-order valence-corrected chi connectivity index (χ0v) is 21.9. The zero-order chi connectivity index (χ0) is 26.2. The first-order valence-electron chi connectivity index (χ1n) is 11.7. The van der Waals surface area contributed by atoms with Crippen molar-refractivity contribution in [1.29, 1.82) is 0 Å². The van der Waals surface area contributed by atoms with E-state index in [4.69, 9.17) is 21.7 Å². The summed E-state index contributed by atoms with van der Waals surface area (Å²) in [5.41, 5.74) is 5.71. The van der Waals surface area contributed by atoms with Crippen molar-refractivity contribution in [3.05, 3.63) is 113 Å². The summed E-state index contributed by atoms with van der Waals surface area (Å²) in [6, 6.07) is 22.3. The predicted molar refractivity (Wildman–Crippen MR) is 151 cm³/mol. The summed E-state index contributed by atoms with van der Waals surface area (Å²) in [6.07, 6.45) is 4.09. The van der Waals surface area contributed by atoms with Gasteiger partial charge in [-0.25, -0.2) is 0 Å². The van der Waals surface area contributed by atoms with Crippen molar-refractivity contribution in [2.75, 3.05) is 6.61 Å². The number of thiocarbonyl (C=S) groups is 1. The van der Waals surface area contributed by atoms with Crippen LogP contribution >= 0.6 is 24.0 Å². The molecule has 4 rings (SSSR count). The number of thioether (sulfide) groups is 1. The normalized spacial score (nSPS) is 14.1. The molecular formula is C29H26N2O4S2. The van der Waals surface area contributed by atoms with E-state index >= 15 is 0 Å². The third-order valence-electron chi connectivity index (χ3n) is 5.38. The van der Waals surface area contributed by atoms with Gasteiger partial charge in [-0.1, -0.05) is 66.4 Å². The number of nitrogens with one attached hydrogen (secondary N) is 1. The molecule has 0 saturated carbocycles. The molecule has 0 aromatic heterocycles. The Morgan fingerprint density at radius 3 is 2.46 bits per heavy atom. The summed E-state index contributed by atoms with van der Waals surface area (Å²) in [5, 5.41) is 1.10.